The lowest BCUT2D eigenvalue weighted by Crippen LogP contribution is -2.02. The monoisotopic (exact) mass is 245 g/mol. The molecule has 0 aromatic heterocycles. The van der Waals surface area contributed by atoms with Crippen molar-refractivity contribution in [3.05, 3.63) is 59.4 Å². The van der Waals surface area contributed by atoms with Crippen LogP contribution in [0.2, 0.25) is 0 Å². The molecule has 18 heavy (non-hydrogen) atoms. The van der Waals surface area contributed by atoms with E-state index in [1.807, 2.05) is 0 Å². The van der Waals surface area contributed by atoms with Gasteiger partial charge in [0.15, 0.2) is 0 Å². The molecule has 0 fully saturated rings. The molecule has 0 aliphatic heterocycles. The van der Waals surface area contributed by atoms with Crippen molar-refractivity contribution < 1.29 is 14.3 Å². The van der Waals surface area contributed by atoms with Gasteiger partial charge in [-0.15, -0.1) is 0 Å². The predicted octanol–water partition coefficient (Wildman–Crippen LogP) is 3.58. The molecule has 0 saturated carbocycles. The summed E-state index contributed by atoms with van der Waals surface area (Å²) in [5.41, 5.74) is 1.82. The predicted molar refractivity (Wildman–Crippen MR) is 67.8 cm³/mol. The summed E-state index contributed by atoms with van der Waals surface area (Å²) in [6, 6.07) is 11.1. The number of nitrogens with one attached hydrogen (secondary N) is 1. The van der Waals surface area contributed by atoms with Crippen LogP contribution in [0.4, 0.5) is 15.8 Å². The zero-order valence-corrected chi connectivity index (χ0v) is 9.77. The number of carboxylic acid groups (broad SMARTS) is 1. The Morgan fingerprint density at radius 3 is 2.61 bits per heavy atom. The standard InChI is InChI=1S/C14H12FNO2/c1-9-8-10(6-7-12(9)15)16-13-5-3-2-4-11(13)14(17)18/h2-8,16H,1H3,(H,17,18). The Bertz CT molecular complexity index is 596. The molecule has 2 N–H and O–H groups in total. The number of aromatic carboxylic acids is 1. The highest BCUT2D eigenvalue weighted by atomic mass is 19.1. The lowest BCUT2D eigenvalue weighted by molar-refractivity contribution is 0.0698. The smallest absolute Gasteiger partial charge is 0.337 e. The number of hydrogen-bond acceptors (Lipinski definition) is 2. The van der Waals surface area contributed by atoms with Gasteiger partial charge in [0, 0.05) is 5.69 Å². The van der Waals surface area contributed by atoms with Crippen molar-refractivity contribution in [2.45, 2.75) is 6.92 Å². The maximum absolute atomic E-state index is 13.1. The van der Waals surface area contributed by atoms with E-state index < -0.39 is 5.97 Å². The number of anilines is 2. The first-order valence-electron chi connectivity index (χ1n) is 5.43. The van der Waals surface area contributed by atoms with Gasteiger partial charge < -0.3 is 10.4 Å². The zero-order valence-electron chi connectivity index (χ0n) is 9.77. The first-order valence-corrected chi connectivity index (χ1v) is 5.43. The van der Waals surface area contributed by atoms with Crippen LogP contribution in [0.1, 0.15) is 15.9 Å². The van der Waals surface area contributed by atoms with Gasteiger partial charge in [0.05, 0.1) is 11.3 Å². The van der Waals surface area contributed by atoms with Crippen LogP contribution in [0.25, 0.3) is 0 Å². The molecule has 0 unspecified atom stereocenters. The average Bonchev–Trinajstić information content (AvgIpc) is 2.34. The molecule has 0 aliphatic rings. The minimum atomic E-state index is -1.00. The van der Waals surface area contributed by atoms with Gasteiger partial charge in [0.2, 0.25) is 0 Å². The summed E-state index contributed by atoms with van der Waals surface area (Å²) in [7, 11) is 0. The Kier molecular flexibility index (Phi) is 3.28. The van der Waals surface area contributed by atoms with Crippen LogP contribution in [0.15, 0.2) is 42.5 Å². The molecule has 0 amide bonds. The minimum Gasteiger partial charge on any atom is -0.478 e. The van der Waals surface area contributed by atoms with E-state index in [2.05, 4.69) is 5.32 Å². The third-order valence-corrected chi connectivity index (χ3v) is 2.59. The van der Waals surface area contributed by atoms with Crippen LogP contribution in [0.3, 0.4) is 0 Å². The second-order valence-corrected chi connectivity index (χ2v) is 3.94. The summed E-state index contributed by atoms with van der Waals surface area (Å²) in [6.07, 6.45) is 0. The molecule has 0 aliphatic carbocycles. The molecule has 2 aromatic carbocycles. The van der Waals surface area contributed by atoms with E-state index in [9.17, 15) is 9.18 Å². The van der Waals surface area contributed by atoms with Gasteiger partial charge in [-0.25, -0.2) is 9.18 Å². The molecule has 0 bridgehead atoms. The maximum atomic E-state index is 13.1. The van der Waals surface area contributed by atoms with Crippen molar-refractivity contribution in [1.29, 1.82) is 0 Å². The topological polar surface area (TPSA) is 49.3 Å². The van der Waals surface area contributed by atoms with Crippen molar-refractivity contribution in [2.75, 3.05) is 5.32 Å². The molecule has 0 atom stereocenters. The molecular weight excluding hydrogens is 233 g/mol. The largest absolute Gasteiger partial charge is 0.478 e. The number of hydrogen-bond donors (Lipinski definition) is 2. The number of rotatable bonds is 3. The molecular formula is C14H12FNO2. The summed E-state index contributed by atoms with van der Waals surface area (Å²) in [6.45, 7) is 1.66. The van der Waals surface area contributed by atoms with E-state index in [-0.39, 0.29) is 11.4 Å². The lowest BCUT2D eigenvalue weighted by atomic mass is 10.1. The number of aryl methyl sites for hydroxylation is 1. The van der Waals surface area contributed by atoms with E-state index >= 15 is 0 Å². The maximum Gasteiger partial charge on any atom is 0.337 e. The van der Waals surface area contributed by atoms with Gasteiger partial charge in [0.1, 0.15) is 5.82 Å². The highest BCUT2D eigenvalue weighted by Crippen LogP contribution is 2.22. The van der Waals surface area contributed by atoms with Gasteiger partial charge in [-0.05, 0) is 42.8 Å². The van der Waals surface area contributed by atoms with E-state index in [1.165, 1.54) is 12.1 Å². The van der Waals surface area contributed by atoms with Crippen molar-refractivity contribution in [2.24, 2.45) is 0 Å². The molecule has 0 heterocycles. The Labute approximate surface area is 104 Å². The fraction of sp³-hybridized carbons (Fsp3) is 0.0714. The number of carbonyl (C=O) groups is 1. The van der Waals surface area contributed by atoms with E-state index in [1.54, 1.807) is 37.3 Å². The molecule has 92 valence electrons. The number of para-hydroxylation sites is 1. The summed E-state index contributed by atoms with van der Waals surface area (Å²) >= 11 is 0. The van der Waals surface area contributed by atoms with Crippen molar-refractivity contribution in [3.8, 4) is 0 Å². The third kappa shape index (κ3) is 2.48. The number of benzene rings is 2. The van der Waals surface area contributed by atoms with Crippen LogP contribution in [-0.4, -0.2) is 11.1 Å². The van der Waals surface area contributed by atoms with Crippen molar-refractivity contribution >= 4 is 17.3 Å². The summed E-state index contributed by atoms with van der Waals surface area (Å²) in [5.74, 6) is -1.29. The van der Waals surface area contributed by atoms with Crippen LogP contribution >= 0.6 is 0 Å². The lowest BCUT2D eigenvalue weighted by Gasteiger charge is -2.10. The van der Waals surface area contributed by atoms with Crippen LogP contribution in [0.5, 0.6) is 0 Å². The molecule has 3 nitrogen and oxygen atoms in total. The molecule has 4 heteroatoms. The van der Waals surface area contributed by atoms with Gasteiger partial charge in [-0.2, -0.15) is 0 Å². The van der Waals surface area contributed by atoms with Crippen LogP contribution in [-0.2, 0) is 0 Å². The van der Waals surface area contributed by atoms with Gasteiger partial charge in [0.25, 0.3) is 0 Å². The fourth-order valence-electron chi connectivity index (χ4n) is 1.66. The second-order valence-electron chi connectivity index (χ2n) is 3.94. The number of carboxylic acids is 1. The molecule has 0 saturated heterocycles. The SMILES string of the molecule is Cc1cc(Nc2ccccc2C(=O)O)ccc1F. The Morgan fingerprint density at radius 1 is 1.22 bits per heavy atom. The van der Waals surface area contributed by atoms with Gasteiger partial charge in [-0.3, -0.25) is 0 Å². The minimum absolute atomic E-state index is 0.180. The average molecular weight is 245 g/mol. The highest BCUT2D eigenvalue weighted by Gasteiger charge is 2.09. The van der Waals surface area contributed by atoms with Crippen LogP contribution < -0.4 is 5.32 Å². The number of halogens is 1. The van der Waals surface area contributed by atoms with Gasteiger partial charge >= 0.3 is 5.97 Å². The summed E-state index contributed by atoms with van der Waals surface area (Å²) in [4.78, 5) is 11.0. The van der Waals surface area contributed by atoms with E-state index in [4.69, 9.17) is 5.11 Å². The second kappa shape index (κ2) is 4.87. The van der Waals surface area contributed by atoms with E-state index in [0.29, 0.717) is 16.9 Å². The fourth-order valence-corrected chi connectivity index (χ4v) is 1.66. The highest BCUT2D eigenvalue weighted by molar-refractivity contribution is 5.95. The van der Waals surface area contributed by atoms with Gasteiger partial charge in [-0.1, -0.05) is 12.1 Å². The van der Waals surface area contributed by atoms with Crippen molar-refractivity contribution in [3.63, 3.8) is 0 Å². The zero-order chi connectivity index (χ0) is 13.1. The first-order chi connectivity index (χ1) is 8.58. The molecule has 0 radical (unpaired) electrons. The molecule has 2 rings (SSSR count). The summed E-state index contributed by atoms with van der Waals surface area (Å²) in [5, 5.41) is 12.0. The van der Waals surface area contributed by atoms with E-state index in [0.717, 1.165) is 0 Å². The summed E-state index contributed by atoms with van der Waals surface area (Å²) < 4.78 is 13.1. The normalized spacial score (nSPS) is 10.1. The molecule has 0 spiro atoms. The Morgan fingerprint density at radius 2 is 1.94 bits per heavy atom. The Hall–Kier alpha value is -2.36. The quantitative estimate of drug-likeness (QED) is 0.869. The molecule has 2 aromatic rings. The third-order valence-electron chi connectivity index (χ3n) is 2.59. The van der Waals surface area contributed by atoms with Crippen LogP contribution in [0, 0.1) is 12.7 Å². The first kappa shape index (κ1) is 12.1. The Balaban J connectivity index is 2.34. The van der Waals surface area contributed by atoms with Crippen molar-refractivity contribution in [1.82, 2.24) is 0 Å².